The third-order valence-electron chi connectivity index (χ3n) is 5.30. The topological polar surface area (TPSA) is 48.0 Å². The number of carbonyl (C=O) groups is 1. The molecule has 2 fully saturated rings. The molecule has 0 saturated carbocycles. The van der Waals surface area contributed by atoms with E-state index in [1.165, 1.54) is 5.57 Å². The number of nitrogens with zero attached hydrogens (tertiary/aromatic N) is 1. The number of amides is 1. The summed E-state index contributed by atoms with van der Waals surface area (Å²) >= 11 is 0. The monoisotopic (exact) mass is 351 g/mol. The fraction of sp³-hybridized carbons (Fsp3) is 0.842. The molecule has 142 valence electrons. The lowest BCUT2D eigenvalue weighted by Crippen LogP contribution is -2.52. The van der Waals surface area contributed by atoms with Crippen LogP contribution in [0, 0.1) is 0 Å². The average Bonchev–Trinajstić information content (AvgIpc) is 2.53. The normalized spacial score (nSPS) is 26.8. The summed E-state index contributed by atoms with van der Waals surface area (Å²) in [5, 5.41) is 0. The van der Waals surface area contributed by atoms with Crippen LogP contribution in [-0.4, -0.2) is 47.0 Å². The molecule has 2 heterocycles. The zero-order chi connectivity index (χ0) is 19.3. The summed E-state index contributed by atoms with van der Waals surface area (Å²) in [5.74, 6) is 2.09. The standard InChI is InChI=1S/C19H34BNO4/c1-16(2,3)23-15(22)21-11-10-14(12-17(21,4)5)13-20-24-18(6,7)19(8,9)25-20/h13H,10-12H2,1-9H3. The maximum absolute atomic E-state index is 12.5. The molecule has 1 amide bonds. The molecule has 0 aromatic heterocycles. The summed E-state index contributed by atoms with van der Waals surface area (Å²) in [6, 6.07) is 0. The number of ether oxygens (including phenoxy) is 1. The predicted octanol–water partition coefficient (Wildman–Crippen LogP) is 4.35. The molecule has 2 aliphatic heterocycles. The Labute approximate surface area is 153 Å². The summed E-state index contributed by atoms with van der Waals surface area (Å²) in [6.07, 6.45) is 1.36. The van der Waals surface area contributed by atoms with Crippen molar-refractivity contribution in [1.29, 1.82) is 0 Å². The summed E-state index contributed by atoms with van der Waals surface area (Å²) in [6.45, 7) is 18.7. The van der Waals surface area contributed by atoms with Gasteiger partial charge < -0.3 is 18.9 Å². The van der Waals surface area contributed by atoms with Gasteiger partial charge in [-0.2, -0.15) is 0 Å². The summed E-state index contributed by atoms with van der Waals surface area (Å²) in [4.78, 5) is 14.3. The van der Waals surface area contributed by atoms with E-state index in [4.69, 9.17) is 14.0 Å². The first kappa shape index (κ1) is 20.3. The number of hydrogen-bond acceptors (Lipinski definition) is 4. The van der Waals surface area contributed by atoms with Crippen molar-refractivity contribution >= 4 is 13.2 Å². The maximum atomic E-state index is 12.5. The number of rotatable bonds is 1. The Bertz CT molecular complexity index is 544. The van der Waals surface area contributed by atoms with Crippen LogP contribution in [0.4, 0.5) is 4.79 Å². The molecule has 0 unspecified atom stereocenters. The van der Waals surface area contributed by atoms with E-state index in [0.717, 1.165) is 12.8 Å². The molecule has 0 aromatic carbocycles. The van der Waals surface area contributed by atoms with Crippen molar-refractivity contribution in [2.24, 2.45) is 0 Å². The van der Waals surface area contributed by atoms with E-state index in [0.29, 0.717) is 6.54 Å². The average molecular weight is 351 g/mol. The third-order valence-corrected chi connectivity index (χ3v) is 5.30. The Balaban J connectivity index is 2.06. The number of likely N-dealkylation sites (tertiary alicyclic amines) is 1. The Morgan fingerprint density at radius 1 is 1.12 bits per heavy atom. The lowest BCUT2D eigenvalue weighted by Gasteiger charge is -2.43. The number of hydrogen-bond donors (Lipinski definition) is 0. The van der Waals surface area contributed by atoms with Gasteiger partial charge in [-0.25, -0.2) is 4.79 Å². The van der Waals surface area contributed by atoms with Crippen LogP contribution < -0.4 is 0 Å². The van der Waals surface area contributed by atoms with Crippen molar-refractivity contribution in [1.82, 2.24) is 4.90 Å². The van der Waals surface area contributed by atoms with Crippen molar-refractivity contribution in [3.63, 3.8) is 0 Å². The van der Waals surface area contributed by atoms with E-state index in [-0.39, 0.29) is 30.0 Å². The minimum absolute atomic E-state index is 0.243. The van der Waals surface area contributed by atoms with Gasteiger partial charge in [0.2, 0.25) is 0 Å². The quantitative estimate of drug-likeness (QED) is 0.659. The fourth-order valence-electron chi connectivity index (χ4n) is 3.24. The third kappa shape index (κ3) is 4.59. The van der Waals surface area contributed by atoms with Crippen LogP contribution in [0.2, 0.25) is 0 Å². The molecule has 0 aromatic rings. The van der Waals surface area contributed by atoms with Crippen molar-refractivity contribution in [2.75, 3.05) is 6.54 Å². The molecule has 2 aliphatic rings. The Morgan fingerprint density at radius 2 is 1.64 bits per heavy atom. The Kier molecular flexibility index (Phi) is 5.12. The van der Waals surface area contributed by atoms with Crippen LogP contribution in [0.1, 0.15) is 75.2 Å². The van der Waals surface area contributed by atoms with Crippen LogP contribution in [-0.2, 0) is 14.0 Å². The fourth-order valence-corrected chi connectivity index (χ4v) is 3.24. The van der Waals surface area contributed by atoms with E-state index < -0.39 is 5.60 Å². The van der Waals surface area contributed by atoms with Crippen LogP contribution >= 0.6 is 0 Å². The van der Waals surface area contributed by atoms with Crippen LogP contribution in [0.5, 0.6) is 0 Å². The molecule has 2 rings (SSSR count). The van der Waals surface area contributed by atoms with Gasteiger partial charge in [-0.3, -0.25) is 0 Å². The van der Waals surface area contributed by atoms with E-state index in [1.54, 1.807) is 0 Å². The van der Waals surface area contributed by atoms with E-state index in [9.17, 15) is 4.79 Å². The Hall–Kier alpha value is -1.01. The van der Waals surface area contributed by atoms with Crippen LogP contribution in [0.25, 0.3) is 0 Å². The van der Waals surface area contributed by atoms with Crippen molar-refractivity contribution in [3.05, 3.63) is 11.5 Å². The molecule has 6 heteroatoms. The maximum Gasteiger partial charge on any atom is 0.487 e. The molecule has 0 atom stereocenters. The van der Waals surface area contributed by atoms with Gasteiger partial charge in [-0.15, -0.1) is 0 Å². The first-order chi connectivity index (χ1) is 11.1. The molecular formula is C19H34BNO4. The molecule has 5 nitrogen and oxygen atoms in total. The highest BCUT2D eigenvalue weighted by molar-refractivity contribution is 6.51. The lowest BCUT2D eigenvalue weighted by molar-refractivity contribution is -0.000958. The molecular weight excluding hydrogens is 317 g/mol. The zero-order valence-corrected chi connectivity index (χ0v) is 17.4. The molecule has 0 N–H and O–H groups in total. The van der Waals surface area contributed by atoms with Gasteiger partial charge in [0.05, 0.1) is 11.2 Å². The van der Waals surface area contributed by atoms with Gasteiger partial charge in [0.1, 0.15) is 5.60 Å². The minimum atomic E-state index is -0.480. The molecule has 0 aliphatic carbocycles. The largest absolute Gasteiger partial charge is 0.487 e. The number of piperidine rings is 1. The highest BCUT2D eigenvalue weighted by Gasteiger charge is 2.50. The first-order valence-corrected chi connectivity index (χ1v) is 9.19. The lowest BCUT2D eigenvalue weighted by atomic mass is 9.79. The highest BCUT2D eigenvalue weighted by atomic mass is 16.7. The van der Waals surface area contributed by atoms with Gasteiger partial charge in [0.25, 0.3) is 0 Å². The minimum Gasteiger partial charge on any atom is -0.444 e. The summed E-state index contributed by atoms with van der Waals surface area (Å²) < 4.78 is 17.7. The second kappa shape index (κ2) is 6.31. The van der Waals surface area contributed by atoms with Gasteiger partial charge in [0.15, 0.2) is 0 Å². The molecule has 0 radical (unpaired) electrons. The van der Waals surface area contributed by atoms with Crippen LogP contribution in [0.3, 0.4) is 0 Å². The summed E-state index contributed by atoms with van der Waals surface area (Å²) in [7, 11) is -0.330. The highest BCUT2D eigenvalue weighted by Crippen LogP contribution is 2.39. The van der Waals surface area contributed by atoms with E-state index in [1.807, 2.05) is 25.7 Å². The van der Waals surface area contributed by atoms with Crippen molar-refractivity contribution in [3.8, 4) is 0 Å². The second-order valence-electron chi connectivity index (χ2n) is 9.82. The molecule has 0 spiro atoms. The summed E-state index contributed by atoms with van der Waals surface area (Å²) in [5.41, 5.74) is -0.173. The van der Waals surface area contributed by atoms with E-state index in [2.05, 4.69) is 47.5 Å². The van der Waals surface area contributed by atoms with Crippen molar-refractivity contribution in [2.45, 2.75) is 97.5 Å². The SMILES string of the molecule is CC(C)(C)OC(=O)N1CCC(=CB2OC(C)(C)C(C)(C)O2)CC1(C)C. The van der Waals surface area contributed by atoms with Gasteiger partial charge >= 0.3 is 13.2 Å². The molecule has 0 bridgehead atoms. The van der Waals surface area contributed by atoms with E-state index >= 15 is 0 Å². The Morgan fingerprint density at radius 3 is 2.08 bits per heavy atom. The zero-order valence-electron chi connectivity index (χ0n) is 17.4. The first-order valence-electron chi connectivity index (χ1n) is 9.19. The van der Waals surface area contributed by atoms with Crippen molar-refractivity contribution < 1.29 is 18.8 Å². The predicted molar refractivity (Wildman–Crippen MR) is 100 cm³/mol. The van der Waals surface area contributed by atoms with Gasteiger partial charge in [-0.05, 0) is 75.2 Å². The molecule has 25 heavy (non-hydrogen) atoms. The molecule has 2 saturated heterocycles. The second-order valence-corrected chi connectivity index (χ2v) is 9.82. The van der Waals surface area contributed by atoms with Gasteiger partial charge in [0, 0.05) is 12.1 Å². The van der Waals surface area contributed by atoms with Gasteiger partial charge in [-0.1, -0.05) is 11.5 Å². The smallest absolute Gasteiger partial charge is 0.444 e. The van der Waals surface area contributed by atoms with Crippen LogP contribution in [0.15, 0.2) is 11.5 Å². The number of carbonyl (C=O) groups excluding carboxylic acids is 1.